The molecule has 0 spiro atoms. The van der Waals surface area contributed by atoms with Crippen LogP contribution in [0, 0.1) is 11.7 Å². The first kappa shape index (κ1) is 25.2. The van der Waals surface area contributed by atoms with E-state index < -0.39 is 35.6 Å². The second-order valence-electron chi connectivity index (χ2n) is 8.75. The maximum Gasteiger partial charge on any atom is 0.413 e. The third-order valence-corrected chi connectivity index (χ3v) is 6.63. The quantitative estimate of drug-likeness (QED) is 0.419. The zero-order valence-corrected chi connectivity index (χ0v) is 20.5. The van der Waals surface area contributed by atoms with Crippen molar-refractivity contribution in [3.8, 4) is 27.7 Å². The van der Waals surface area contributed by atoms with Crippen LogP contribution in [0.5, 0.6) is 5.75 Å². The highest BCUT2D eigenvalue weighted by molar-refractivity contribution is 7.09. The second kappa shape index (κ2) is 10.8. The van der Waals surface area contributed by atoms with Crippen LogP contribution in [0.3, 0.4) is 0 Å². The number of nitrogens with zero attached hydrogens (tertiary/aromatic N) is 3. The molecule has 0 unspecified atom stereocenters. The van der Waals surface area contributed by atoms with E-state index in [9.17, 15) is 23.9 Å². The number of anilines is 1. The number of hydrogen-bond acceptors (Lipinski definition) is 8. The first-order valence-electron chi connectivity index (χ1n) is 11.5. The van der Waals surface area contributed by atoms with Gasteiger partial charge in [-0.05, 0) is 66.7 Å². The van der Waals surface area contributed by atoms with Crippen molar-refractivity contribution in [1.82, 2.24) is 14.7 Å². The van der Waals surface area contributed by atoms with Gasteiger partial charge in [0, 0.05) is 29.9 Å². The summed E-state index contributed by atoms with van der Waals surface area (Å²) in [5.74, 6) is -2.78. The summed E-state index contributed by atoms with van der Waals surface area (Å²) in [6.07, 6.45) is 1.55. The van der Waals surface area contributed by atoms with Gasteiger partial charge in [-0.15, -0.1) is 0 Å². The van der Waals surface area contributed by atoms with Crippen LogP contribution in [-0.4, -0.2) is 51.9 Å². The Balaban J connectivity index is 1.53. The summed E-state index contributed by atoms with van der Waals surface area (Å²) in [7, 11) is 0. The monoisotopic (exact) mass is 512 g/mol. The number of amides is 1. The number of aldehydes is 1. The highest BCUT2D eigenvalue weighted by atomic mass is 32.1. The summed E-state index contributed by atoms with van der Waals surface area (Å²) in [5, 5.41) is 11.8. The number of rotatable bonds is 8. The minimum atomic E-state index is -1.26. The van der Waals surface area contributed by atoms with Gasteiger partial charge < -0.3 is 20.1 Å². The van der Waals surface area contributed by atoms with E-state index in [1.807, 2.05) is 24.3 Å². The minimum Gasteiger partial charge on any atom is -0.480 e. The highest BCUT2D eigenvalue weighted by Gasteiger charge is 2.26. The molecule has 2 aromatic carbocycles. The molecule has 1 saturated heterocycles. The van der Waals surface area contributed by atoms with Crippen LogP contribution in [-0.2, 0) is 4.79 Å². The van der Waals surface area contributed by atoms with Gasteiger partial charge in [0.25, 0.3) is 0 Å². The Morgan fingerprint density at radius 2 is 1.86 bits per heavy atom. The molecule has 1 fully saturated rings. The number of benzene rings is 2. The predicted octanol–water partition coefficient (Wildman–Crippen LogP) is 4.62. The second-order valence-corrected chi connectivity index (χ2v) is 9.50. The van der Waals surface area contributed by atoms with Crippen LogP contribution >= 0.6 is 11.5 Å². The van der Waals surface area contributed by atoms with E-state index in [1.165, 1.54) is 18.9 Å². The van der Waals surface area contributed by atoms with E-state index >= 15 is 0 Å². The van der Waals surface area contributed by atoms with Crippen molar-refractivity contribution in [2.24, 2.45) is 5.92 Å². The number of carboxylic acid groups (broad SMARTS) is 1. The number of nitrogens with one attached hydrogen (secondary N) is 1. The van der Waals surface area contributed by atoms with Gasteiger partial charge in [0.05, 0.1) is 5.56 Å². The molecule has 1 amide bonds. The maximum absolute atomic E-state index is 14.9. The lowest BCUT2D eigenvalue weighted by molar-refractivity contribution is -0.140. The number of ether oxygens (including phenoxy) is 1. The lowest BCUT2D eigenvalue weighted by Crippen LogP contribution is -2.45. The summed E-state index contributed by atoms with van der Waals surface area (Å²) >= 11 is 1.05. The van der Waals surface area contributed by atoms with Crippen molar-refractivity contribution in [1.29, 1.82) is 0 Å². The van der Waals surface area contributed by atoms with Gasteiger partial charge in [0.1, 0.15) is 11.0 Å². The van der Waals surface area contributed by atoms with E-state index in [4.69, 9.17) is 4.74 Å². The minimum absolute atomic E-state index is 0.219. The molecule has 0 saturated carbocycles. The van der Waals surface area contributed by atoms with Crippen molar-refractivity contribution >= 4 is 35.6 Å². The average molecular weight is 513 g/mol. The molecule has 0 bridgehead atoms. The molecule has 0 radical (unpaired) electrons. The Morgan fingerprint density at radius 3 is 2.47 bits per heavy atom. The van der Waals surface area contributed by atoms with Crippen LogP contribution < -0.4 is 15.0 Å². The van der Waals surface area contributed by atoms with E-state index in [-0.39, 0.29) is 5.56 Å². The van der Waals surface area contributed by atoms with E-state index in [1.54, 1.807) is 13.8 Å². The Bertz CT molecular complexity index is 1270. The third kappa shape index (κ3) is 5.51. The Kier molecular flexibility index (Phi) is 7.58. The van der Waals surface area contributed by atoms with Gasteiger partial charge in [-0.2, -0.15) is 4.37 Å². The smallest absolute Gasteiger partial charge is 0.413 e. The van der Waals surface area contributed by atoms with E-state index in [0.29, 0.717) is 22.7 Å². The number of aromatic nitrogens is 2. The fraction of sp³-hybridized carbons (Fsp3) is 0.320. The zero-order valence-electron chi connectivity index (χ0n) is 19.7. The Labute approximate surface area is 211 Å². The van der Waals surface area contributed by atoms with Gasteiger partial charge in [0.15, 0.2) is 23.7 Å². The topological polar surface area (TPSA) is 122 Å². The summed E-state index contributed by atoms with van der Waals surface area (Å²) < 4.78 is 24.2. The van der Waals surface area contributed by atoms with Crippen LogP contribution in [0.25, 0.3) is 22.0 Å². The van der Waals surface area contributed by atoms with Gasteiger partial charge in [-0.25, -0.2) is 19.0 Å². The standard InChI is InChI=1S/C25H25FN4O5S/c1-14(2)20(24(32)33)27-25(34)35-21-17(13-31)11-16(12-19(21)26)23-28-22(29-36-23)15-5-7-18(8-6-15)30-9-3-4-10-30/h5-8,11-14,20H,3-4,9-10H2,1-2H3,(H,27,34)(H,32,33)/t20-/m0/s1. The molecule has 4 rings (SSSR count). The molecule has 0 aliphatic carbocycles. The first-order chi connectivity index (χ1) is 17.3. The van der Waals surface area contributed by atoms with Crippen LogP contribution in [0.2, 0.25) is 0 Å². The molecular weight excluding hydrogens is 487 g/mol. The number of halogens is 1. The maximum atomic E-state index is 14.9. The van der Waals surface area contributed by atoms with Crippen molar-refractivity contribution in [3.05, 3.63) is 47.8 Å². The third-order valence-electron chi connectivity index (χ3n) is 5.87. The number of carboxylic acids is 1. The molecular formula is C25H25FN4O5S. The lowest BCUT2D eigenvalue weighted by atomic mass is 10.1. The number of carbonyl (C=O) groups is 3. The number of carbonyl (C=O) groups excluding carboxylic acids is 2. The highest BCUT2D eigenvalue weighted by Crippen LogP contribution is 2.32. The summed E-state index contributed by atoms with van der Waals surface area (Å²) in [6.45, 7) is 5.29. The van der Waals surface area contributed by atoms with Gasteiger partial charge in [0.2, 0.25) is 0 Å². The van der Waals surface area contributed by atoms with Crippen LogP contribution in [0.1, 0.15) is 37.0 Å². The molecule has 2 N–H and O–H groups in total. The van der Waals surface area contributed by atoms with Crippen molar-refractivity contribution in [3.63, 3.8) is 0 Å². The molecule has 36 heavy (non-hydrogen) atoms. The molecule has 9 nitrogen and oxygen atoms in total. The van der Waals surface area contributed by atoms with E-state index in [0.717, 1.165) is 41.9 Å². The molecule has 1 atom stereocenters. The average Bonchev–Trinajstić information content (AvgIpc) is 3.56. The Hall–Kier alpha value is -3.86. The zero-order chi connectivity index (χ0) is 25.8. The fourth-order valence-electron chi connectivity index (χ4n) is 3.95. The van der Waals surface area contributed by atoms with Crippen LogP contribution in [0.4, 0.5) is 14.9 Å². The SMILES string of the molecule is CC(C)[C@H](NC(=O)Oc1c(F)cc(-c2nc(-c3ccc(N4CCCC4)cc3)ns2)cc1C=O)C(=O)O. The van der Waals surface area contributed by atoms with Crippen molar-refractivity contribution in [2.75, 3.05) is 18.0 Å². The van der Waals surface area contributed by atoms with Crippen molar-refractivity contribution < 1.29 is 28.6 Å². The molecule has 1 aliphatic heterocycles. The van der Waals surface area contributed by atoms with Gasteiger partial charge >= 0.3 is 12.1 Å². The molecule has 3 aromatic rings. The van der Waals surface area contributed by atoms with Gasteiger partial charge in [-0.3, -0.25) is 4.79 Å². The number of aliphatic carboxylic acids is 1. The molecule has 2 heterocycles. The molecule has 11 heteroatoms. The number of hydrogen-bond donors (Lipinski definition) is 2. The molecule has 1 aliphatic rings. The van der Waals surface area contributed by atoms with E-state index in [2.05, 4.69) is 19.6 Å². The molecule has 1 aromatic heterocycles. The largest absolute Gasteiger partial charge is 0.480 e. The Morgan fingerprint density at radius 1 is 1.17 bits per heavy atom. The first-order valence-corrected chi connectivity index (χ1v) is 12.2. The summed E-state index contributed by atoms with van der Waals surface area (Å²) in [5.41, 5.74) is 2.03. The van der Waals surface area contributed by atoms with Crippen LogP contribution in [0.15, 0.2) is 36.4 Å². The summed E-state index contributed by atoms with van der Waals surface area (Å²) in [6, 6.07) is 9.13. The normalized spacial score (nSPS) is 14.1. The lowest BCUT2D eigenvalue weighted by Gasteiger charge is -2.18. The van der Waals surface area contributed by atoms with Gasteiger partial charge in [-0.1, -0.05) is 13.8 Å². The summed E-state index contributed by atoms with van der Waals surface area (Å²) in [4.78, 5) is 41.9. The fourth-order valence-corrected chi connectivity index (χ4v) is 4.62. The molecule has 188 valence electrons. The van der Waals surface area contributed by atoms with Crippen molar-refractivity contribution in [2.45, 2.75) is 32.7 Å². The predicted molar refractivity (Wildman–Crippen MR) is 133 cm³/mol.